The summed E-state index contributed by atoms with van der Waals surface area (Å²) in [7, 11) is 0. The summed E-state index contributed by atoms with van der Waals surface area (Å²) in [4.78, 5) is 37.0. The molecule has 0 spiro atoms. The van der Waals surface area contributed by atoms with Gasteiger partial charge in [0.1, 0.15) is 24.4 Å². The van der Waals surface area contributed by atoms with Crippen molar-refractivity contribution in [3.63, 3.8) is 0 Å². The van der Waals surface area contributed by atoms with Gasteiger partial charge in [-0.05, 0) is 56.4 Å². The molecule has 1 aromatic rings. The number of allylic oxidation sites excluding steroid dienone is 2. The van der Waals surface area contributed by atoms with E-state index in [4.69, 9.17) is 23.7 Å². The van der Waals surface area contributed by atoms with E-state index in [9.17, 15) is 34.8 Å². The zero-order chi connectivity index (χ0) is 41.4. The van der Waals surface area contributed by atoms with Gasteiger partial charge in [0.2, 0.25) is 11.0 Å². The Hall–Kier alpha value is -2.44. The van der Waals surface area contributed by atoms with Crippen LogP contribution < -0.4 is 10.6 Å². The zero-order valence-corrected chi connectivity index (χ0v) is 34.8. The van der Waals surface area contributed by atoms with E-state index in [0.717, 1.165) is 31.0 Å². The molecule has 1 heterocycles. The normalized spacial score (nSPS) is 19.6. The molecule has 0 aromatic heterocycles. The van der Waals surface area contributed by atoms with Crippen LogP contribution in [-0.4, -0.2) is 140 Å². The molecular weight excluding hydrogens is 757 g/mol. The van der Waals surface area contributed by atoms with Crippen molar-refractivity contribution in [2.24, 2.45) is 0 Å². The highest BCUT2D eigenvalue weighted by molar-refractivity contribution is 8.14. The van der Waals surface area contributed by atoms with Crippen LogP contribution in [0.3, 0.4) is 0 Å². The van der Waals surface area contributed by atoms with Crippen LogP contribution in [0.1, 0.15) is 118 Å². The molecule has 2 amide bonds. The van der Waals surface area contributed by atoms with Gasteiger partial charge in [0, 0.05) is 36.4 Å². The first-order valence-corrected chi connectivity index (χ1v) is 21.9. The highest BCUT2D eigenvalue weighted by Gasteiger charge is 2.43. The summed E-state index contributed by atoms with van der Waals surface area (Å²) >= 11 is 1.07. The maximum atomic E-state index is 12.5. The molecule has 2 rings (SSSR count). The van der Waals surface area contributed by atoms with Gasteiger partial charge in [-0.15, -0.1) is 0 Å². The molecule has 14 nitrogen and oxygen atoms in total. The number of aliphatic hydroxyl groups excluding tert-OH is 4. The molecule has 0 saturated carbocycles. The maximum Gasteiger partial charge on any atom is 0.251 e. The Morgan fingerprint density at radius 1 is 0.684 bits per heavy atom. The highest BCUT2D eigenvalue weighted by Crippen LogP contribution is 2.22. The predicted octanol–water partition coefficient (Wildman–Crippen LogP) is 4.31. The molecule has 0 aliphatic carbocycles. The van der Waals surface area contributed by atoms with E-state index in [1.165, 1.54) is 64.2 Å². The molecule has 1 aliphatic heterocycles. The van der Waals surface area contributed by atoms with Gasteiger partial charge in [-0.25, -0.2) is 0 Å². The Balaban J connectivity index is 1.37. The van der Waals surface area contributed by atoms with Crippen LogP contribution in [0.15, 0.2) is 36.4 Å². The van der Waals surface area contributed by atoms with Gasteiger partial charge in [0.05, 0.1) is 52.9 Å². The van der Waals surface area contributed by atoms with Crippen LogP contribution in [-0.2, 0) is 28.5 Å². The Morgan fingerprint density at radius 3 is 1.89 bits per heavy atom. The third kappa shape index (κ3) is 23.7. The first kappa shape index (κ1) is 50.7. The minimum absolute atomic E-state index is 0.0199. The van der Waals surface area contributed by atoms with Crippen molar-refractivity contribution in [3.05, 3.63) is 47.5 Å². The van der Waals surface area contributed by atoms with Crippen molar-refractivity contribution in [3.8, 4) is 0 Å². The fourth-order valence-corrected chi connectivity index (χ4v) is 6.62. The lowest BCUT2D eigenvalue weighted by Crippen LogP contribution is -2.59. The Kier molecular flexibility index (Phi) is 29.7. The lowest BCUT2D eigenvalue weighted by Gasteiger charge is -2.39. The molecule has 326 valence electrons. The summed E-state index contributed by atoms with van der Waals surface area (Å²) in [5.41, 5.74) is 0.866. The SMILES string of the molecule is CCCCCCCC/C=C\CCCCCCCC(=O)NCCOCCOCCNC(=O)c1ccc(C(=O)SCCOCCO[C@H]2O[C@H](CO)[C@@H](O)[C@H](O)[C@@H]2O)cc1. The van der Waals surface area contributed by atoms with E-state index in [2.05, 4.69) is 29.7 Å². The maximum absolute atomic E-state index is 12.5. The van der Waals surface area contributed by atoms with Crippen molar-refractivity contribution >= 4 is 28.7 Å². The van der Waals surface area contributed by atoms with Crippen LogP contribution in [0, 0.1) is 0 Å². The predicted molar refractivity (Wildman–Crippen MR) is 220 cm³/mol. The van der Waals surface area contributed by atoms with Crippen LogP contribution in [0.25, 0.3) is 0 Å². The van der Waals surface area contributed by atoms with E-state index in [-0.39, 0.29) is 36.8 Å². The van der Waals surface area contributed by atoms with Gasteiger partial charge >= 0.3 is 0 Å². The van der Waals surface area contributed by atoms with Crippen LogP contribution in [0.2, 0.25) is 0 Å². The van der Waals surface area contributed by atoms with Crippen LogP contribution >= 0.6 is 11.8 Å². The summed E-state index contributed by atoms with van der Waals surface area (Å²) in [6, 6.07) is 6.36. The molecule has 0 bridgehead atoms. The van der Waals surface area contributed by atoms with Gasteiger partial charge in [0.15, 0.2) is 6.29 Å². The largest absolute Gasteiger partial charge is 0.394 e. The number of rotatable bonds is 34. The number of aliphatic hydroxyl groups is 4. The quantitative estimate of drug-likeness (QED) is 0.0425. The molecular formula is C42H70N2O12S. The van der Waals surface area contributed by atoms with Crippen molar-refractivity contribution in [2.75, 3.05) is 71.7 Å². The number of ether oxygens (including phenoxy) is 5. The summed E-state index contributed by atoms with van der Waals surface area (Å²) < 4.78 is 27.1. The lowest BCUT2D eigenvalue weighted by atomic mass is 9.99. The number of unbranched alkanes of at least 4 members (excludes halogenated alkanes) is 11. The van der Waals surface area contributed by atoms with Crippen LogP contribution in [0.5, 0.6) is 0 Å². The molecule has 5 atom stereocenters. The standard InChI is InChI=1S/C42H70N2O12S/c1-2-3-4-5-6-7-8-9-10-11-12-13-14-15-16-17-36(46)43-22-24-52-26-27-53-25-23-44-40(50)33-18-20-34(21-19-33)41(51)57-31-30-54-28-29-55-42-39(49)38(48)37(47)35(32-45)56-42/h9-10,18-21,35,37-39,42,45,47-49H,2-8,11-17,22-32H2,1H3,(H,43,46)(H,44,50)/b10-9-/t35-,37-,38+,39+,42+/m1/s1. The van der Waals surface area contributed by atoms with Crippen LogP contribution in [0.4, 0.5) is 0 Å². The fraction of sp³-hybridized carbons (Fsp3) is 0.738. The molecule has 6 N–H and O–H groups in total. The van der Waals surface area contributed by atoms with Gasteiger partial charge < -0.3 is 54.7 Å². The smallest absolute Gasteiger partial charge is 0.251 e. The summed E-state index contributed by atoms with van der Waals surface area (Å²) in [5.74, 6) is 0.157. The highest BCUT2D eigenvalue weighted by atomic mass is 32.2. The second kappa shape index (κ2) is 33.4. The Labute approximate surface area is 343 Å². The number of carbonyl (C=O) groups excluding carboxylic acids is 3. The number of thioether (sulfide) groups is 1. The monoisotopic (exact) mass is 826 g/mol. The van der Waals surface area contributed by atoms with Gasteiger partial charge in [-0.3, -0.25) is 14.4 Å². The number of nitrogens with one attached hydrogen (secondary N) is 2. The lowest BCUT2D eigenvalue weighted by molar-refractivity contribution is -0.302. The van der Waals surface area contributed by atoms with E-state index < -0.39 is 37.3 Å². The van der Waals surface area contributed by atoms with E-state index in [1.807, 2.05) is 0 Å². The van der Waals surface area contributed by atoms with E-state index in [0.29, 0.717) is 62.8 Å². The molecule has 15 heteroatoms. The topological polar surface area (TPSA) is 202 Å². The van der Waals surface area contributed by atoms with Gasteiger partial charge in [-0.2, -0.15) is 0 Å². The number of carbonyl (C=O) groups is 3. The van der Waals surface area contributed by atoms with Crippen molar-refractivity contribution < 1.29 is 58.5 Å². The zero-order valence-electron chi connectivity index (χ0n) is 34.0. The van der Waals surface area contributed by atoms with Gasteiger partial charge in [0.25, 0.3) is 5.91 Å². The molecule has 0 radical (unpaired) electrons. The first-order valence-electron chi connectivity index (χ1n) is 20.9. The van der Waals surface area contributed by atoms with E-state index in [1.54, 1.807) is 24.3 Å². The number of hydrogen-bond donors (Lipinski definition) is 6. The average Bonchev–Trinajstić information content (AvgIpc) is 3.22. The number of hydrogen-bond acceptors (Lipinski definition) is 13. The average molecular weight is 827 g/mol. The van der Waals surface area contributed by atoms with Gasteiger partial charge in [-0.1, -0.05) is 82.2 Å². The summed E-state index contributed by atoms with van der Waals surface area (Å²) in [5, 5.41) is 44.3. The Bertz CT molecular complexity index is 1220. The Morgan fingerprint density at radius 2 is 1.25 bits per heavy atom. The minimum Gasteiger partial charge on any atom is -0.394 e. The molecule has 57 heavy (non-hydrogen) atoms. The first-order chi connectivity index (χ1) is 27.8. The summed E-state index contributed by atoms with van der Waals surface area (Å²) in [6.45, 7) is 4.38. The molecule has 1 aliphatic rings. The molecule has 1 saturated heterocycles. The number of amides is 2. The van der Waals surface area contributed by atoms with Crippen molar-refractivity contribution in [1.82, 2.24) is 10.6 Å². The van der Waals surface area contributed by atoms with Crippen molar-refractivity contribution in [1.29, 1.82) is 0 Å². The molecule has 1 fully saturated rings. The molecule has 0 unspecified atom stereocenters. The molecule has 1 aromatic carbocycles. The second-order valence-corrected chi connectivity index (χ2v) is 15.1. The number of benzene rings is 1. The third-order valence-electron chi connectivity index (χ3n) is 9.34. The van der Waals surface area contributed by atoms with Crippen molar-refractivity contribution in [2.45, 2.75) is 128 Å². The minimum atomic E-state index is -1.51. The van der Waals surface area contributed by atoms with E-state index >= 15 is 0 Å². The second-order valence-electron chi connectivity index (χ2n) is 14.1. The fourth-order valence-electron chi connectivity index (χ4n) is 5.93. The third-order valence-corrected chi connectivity index (χ3v) is 10.2. The summed E-state index contributed by atoms with van der Waals surface area (Å²) in [6.07, 6.45) is 14.5.